The van der Waals surface area contributed by atoms with Gasteiger partial charge in [-0.25, -0.2) is 0 Å². The first kappa shape index (κ1) is 18.4. The Balaban J connectivity index is 1.50. The van der Waals surface area contributed by atoms with Gasteiger partial charge in [0.1, 0.15) is 5.69 Å². The summed E-state index contributed by atoms with van der Waals surface area (Å²) in [5, 5.41) is 2.90. The SMILES string of the molecule is Cc1ccccc1C(=O)c1c[nH]c(C(=O)NCCCN2CCOCC2)c1. The van der Waals surface area contributed by atoms with Gasteiger partial charge in [0.25, 0.3) is 5.91 Å². The maximum absolute atomic E-state index is 12.6. The molecule has 0 aliphatic carbocycles. The van der Waals surface area contributed by atoms with Crippen LogP contribution in [-0.2, 0) is 4.74 Å². The Labute approximate surface area is 153 Å². The lowest BCUT2D eigenvalue weighted by Crippen LogP contribution is -2.38. The summed E-state index contributed by atoms with van der Waals surface area (Å²) >= 11 is 0. The molecule has 0 atom stereocenters. The van der Waals surface area contributed by atoms with E-state index in [0.717, 1.165) is 44.8 Å². The third kappa shape index (κ3) is 4.59. The topological polar surface area (TPSA) is 74.4 Å². The Morgan fingerprint density at radius 2 is 2.00 bits per heavy atom. The number of ether oxygens (including phenoxy) is 1. The van der Waals surface area contributed by atoms with Crippen molar-refractivity contribution in [3.8, 4) is 0 Å². The number of H-pyrrole nitrogens is 1. The lowest BCUT2D eigenvalue weighted by atomic mass is 10.0. The van der Waals surface area contributed by atoms with Crippen molar-refractivity contribution in [2.45, 2.75) is 13.3 Å². The lowest BCUT2D eigenvalue weighted by molar-refractivity contribution is 0.0374. The molecular weight excluding hydrogens is 330 g/mol. The number of aromatic nitrogens is 1. The van der Waals surface area contributed by atoms with E-state index in [4.69, 9.17) is 4.74 Å². The van der Waals surface area contributed by atoms with Crippen molar-refractivity contribution in [3.63, 3.8) is 0 Å². The van der Waals surface area contributed by atoms with E-state index in [-0.39, 0.29) is 11.7 Å². The largest absolute Gasteiger partial charge is 0.379 e. The van der Waals surface area contributed by atoms with Crippen LogP contribution in [-0.4, -0.2) is 61.0 Å². The van der Waals surface area contributed by atoms with Crippen molar-refractivity contribution in [1.82, 2.24) is 15.2 Å². The Hall–Kier alpha value is -2.44. The van der Waals surface area contributed by atoms with E-state index in [2.05, 4.69) is 15.2 Å². The second kappa shape index (κ2) is 8.78. The van der Waals surface area contributed by atoms with Gasteiger partial charge < -0.3 is 15.0 Å². The van der Waals surface area contributed by atoms with E-state index in [1.807, 2.05) is 25.1 Å². The molecule has 1 amide bonds. The minimum atomic E-state index is -0.184. The molecule has 2 N–H and O–H groups in total. The number of morpholine rings is 1. The Morgan fingerprint density at radius 1 is 1.23 bits per heavy atom. The third-order valence-corrected chi connectivity index (χ3v) is 4.62. The predicted molar refractivity (Wildman–Crippen MR) is 99.6 cm³/mol. The Bertz CT molecular complexity index is 763. The molecule has 1 aliphatic rings. The molecule has 1 aromatic heterocycles. The summed E-state index contributed by atoms with van der Waals surface area (Å²) in [6, 6.07) is 9.07. The summed E-state index contributed by atoms with van der Waals surface area (Å²) in [4.78, 5) is 30.1. The van der Waals surface area contributed by atoms with Crippen LogP contribution in [0.3, 0.4) is 0 Å². The Kier molecular flexibility index (Phi) is 6.20. The molecule has 2 aromatic rings. The summed E-state index contributed by atoms with van der Waals surface area (Å²) in [5.41, 5.74) is 2.49. The van der Waals surface area contributed by atoms with Crippen molar-refractivity contribution in [3.05, 3.63) is 58.9 Å². The maximum atomic E-state index is 12.6. The van der Waals surface area contributed by atoms with E-state index >= 15 is 0 Å². The van der Waals surface area contributed by atoms with Crippen LogP contribution < -0.4 is 5.32 Å². The molecule has 0 radical (unpaired) electrons. The minimum Gasteiger partial charge on any atom is -0.379 e. The molecule has 6 heteroatoms. The zero-order chi connectivity index (χ0) is 18.4. The first-order valence-electron chi connectivity index (χ1n) is 9.02. The van der Waals surface area contributed by atoms with Gasteiger partial charge in [0, 0.05) is 37.0 Å². The minimum absolute atomic E-state index is 0.0780. The number of ketones is 1. The highest BCUT2D eigenvalue weighted by molar-refractivity contribution is 6.11. The number of benzene rings is 1. The van der Waals surface area contributed by atoms with E-state index in [1.165, 1.54) is 0 Å². The van der Waals surface area contributed by atoms with Crippen LogP contribution in [0.1, 0.15) is 38.4 Å². The number of hydrogen-bond acceptors (Lipinski definition) is 4. The zero-order valence-electron chi connectivity index (χ0n) is 15.1. The molecule has 0 saturated carbocycles. The summed E-state index contributed by atoms with van der Waals surface area (Å²) in [6.45, 7) is 6.94. The first-order valence-corrected chi connectivity index (χ1v) is 9.02. The molecule has 3 rings (SSSR count). The van der Waals surface area contributed by atoms with Crippen LogP contribution in [0.5, 0.6) is 0 Å². The molecule has 1 aliphatic heterocycles. The fourth-order valence-electron chi connectivity index (χ4n) is 3.06. The quantitative estimate of drug-likeness (QED) is 0.588. The molecule has 1 aromatic carbocycles. The molecule has 0 unspecified atom stereocenters. The number of hydrogen-bond donors (Lipinski definition) is 2. The molecule has 1 saturated heterocycles. The summed E-state index contributed by atoms with van der Waals surface area (Å²) in [6.07, 6.45) is 2.48. The second-order valence-electron chi connectivity index (χ2n) is 6.51. The summed E-state index contributed by atoms with van der Waals surface area (Å²) < 4.78 is 5.32. The van der Waals surface area contributed by atoms with E-state index in [1.54, 1.807) is 18.3 Å². The average molecular weight is 355 g/mol. The zero-order valence-corrected chi connectivity index (χ0v) is 15.1. The van der Waals surface area contributed by atoms with Gasteiger partial charge in [0.15, 0.2) is 5.78 Å². The summed E-state index contributed by atoms with van der Waals surface area (Å²) in [7, 11) is 0. The number of amides is 1. The first-order chi connectivity index (χ1) is 12.6. The molecule has 2 heterocycles. The van der Waals surface area contributed by atoms with Gasteiger partial charge in [0.05, 0.1) is 13.2 Å². The highest BCUT2D eigenvalue weighted by Crippen LogP contribution is 2.14. The van der Waals surface area contributed by atoms with Crippen molar-refractivity contribution >= 4 is 11.7 Å². The number of aryl methyl sites for hydroxylation is 1. The average Bonchev–Trinajstić information content (AvgIpc) is 3.16. The number of carbonyl (C=O) groups excluding carboxylic acids is 2. The van der Waals surface area contributed by atoms with Gasteiger partial charge in [-0.3, -0.25) is 14.5 Å². The van der Waals surface area contributed by atoms with Crippen LogP contribution in [0.4, 0.5) is 0 Å². The van der Waals surface area contributed by atoms with Crippen LogP contribution >= 0.6 is 0 Å². The van der Waals surface area contributed by atoms with Gasteiger partial charge in [-0.05, 0) is 31.5 Å². The van der Waals surface area contributed by atoms with E-state index < -0.39 is 0 Å². The number of aromatic amines is 1. The van der Waals surface area contributed by atoms with Gasteiger partial charge in [-0.1, -0.05) is 24.3 Å². The molecule has 0 bridgehead atoms. The van der Waals surface area contributed by atoms with Crippen molar-refractivity contribution < 1.29 is 14.3 Å². The van der Waals surface area contributed by atoms with Gasteiger partial charge in [-0.2, -0.15) is 0 Å². The monoisotopic (exact) mass is 355 g/mol. The van der Waals surface area contributed by atoms with Crippen molar-refractivity contribution in [1.29, 1.82) is 0 Å². The van der Waals surface area contributed by atoms with Crippen molar-refractivity contribution in [2.75, 3.05) is 39.4 Å². The molecule has 6 nitrogen and oxygen atoms in total. The van der Waals surface area contributed by atoms with Crippen LogP contribution in [0.25, 0.3) is 0 Å². The number of nitrogens with zero attached hydrogens (tertiary/aromatic N) is 1. The highest BCUT2D eigenvalue weighted by Gasteiger charge is 2.16. The highest BCUT2D eigenvalue weighted by atomic mass is 16.5. The smallest absolute Gasteiger partial charge is 0.267 e. The number of nitrogens with one attached hydrogen (secondary N) is 2. The third-order valence-electron chi connectivity index (χ3n) is 4.62. The van der Waals surface area contributed by atoms with E-state index in [9.17, 15) is 9.59 Å². The van der Waals surface area contributed by atoms with Crippen molar-refractivity contribution in [2.24, 2.45) is 0 Å². The molecule has 138 valence electrons. The fraction of sp³-hybridized carbons (Fsp3) is 0.400. The standard InChI is InChI=1S/C20H25N3O3/c1-15-5-2-3-6-17(15)19(24)16-13-18(22-14-16)20(25)21-7-4-8-23-9-11-26-12-10-23/h2-3,5-6,13-14,22H,4,7-12H2,1H3,(H,21,25). The molecular formula is C20H25N3O3. The molecule has 0 spiro atoms. The number of rotatable bonds is 7. The van der Waals surface area contributed by atoms with Crippen LogP contribution in [0, 0.1) is 6.92 Å². The second-order valence-corrected chi connectivity index (χ2v) is 6.51. The lowest BCUT2D eigenvalue weighted by Gasteiger charge is -2.26. The van der Waals surface area contributed by atoms with Crippen LogP contribution in [0.15, 0.2) is 36.5 Å². The fourth-order valence-corrected chi connectivity index (χ4v) is 3.06. The predicted octanol–water partition coefficient (Wildman–Crippen LogP) is 2.01. The molecule has 1 fully saturated rings. The van der Waals surface area contributed by atoms with Gasteiger partial charge in [-0.15, -0.1) is 0 Å². The summed E-state index contributed by atoms with van der Waals surface area (Å²) in [5.74, 6) is -0.262. The molecule has 26 heavy (non-hydrogen) atoms. The Morgan fingerprint density at radius 3 is 2.77 bits per heavy atom. The van der Waals surface area contributed by atoms with Crippen LogP contribution in [0.2, 0.25) is 0 Å². The van der Waals surface area contributed by atoms with Gasteiger partial charge in [0.2, 0.25) is 0 Å². The normalized spacial score (nSPS) is 15.0. The maximum Gasteiger partial charge on any atom is 0.267 e. The van der Waals surface area contributed by atoms with Gasteiger partial charge >= 0.3 is 0 Å². The number of carbonyl (C=O) groups is 2. The van der Waals surface area contributed by atoms with E-state index in [0.29, 0.717) is 23.4 Å².